The van der Waals surface area contributed by atoms with E-state index in [2.05, 4.69) is 29.8 Å². The Morgan fingerprint density at radius 1 is 1.32 bits per heavy atom. The van der Waals surface area contributed by atoms with Gasteiger partial charge in [0, 0.05) is 33.6 Å². The topological polar surface area (TPSA) is 96.2 Å². The van der Waals surface area contributed by atoms with Crippen LogP contribution in [0.5, 0.6) is 0 Å². The van der Waals surface area contributed by atoms with Crippen molar-refractivity contribution in [2.75, 3.05) is 10.6 Å². The van der Waals surface area contributed by atoms with Crippen molar-refractivity contribution in [1.29, 1.82) is 0 Å². The van der Waals surface area contributed by atoms with Crippen LogP contribution in [0.25, 0.3) is 0 Å². The van der Waals surface area contributed by atoms with Gasteiger partial charge in [0.05, 0.1) is 5.56 Å². The van der Waals surface area contributed by atoms with Gasteiger partial charge in [-0.2, -0.15) is 0 Å². The minimum absolute atomic E-state index is 0.0195. The van der Waals surface area contributed by atoms with Gasteiger partial charge in [0.2, 0.25) is 0 Å². The van der Waals surface area contributed by atoms with E-state index in [0.29, 0.717) is 21.3 Å². The summed E-state index contributed by atoms with van der Waals surface area (Å²) in [7, 11) is 0. The molecular formula is C20H25ClN4O2S. The van der Waals surface area contributed by atoms with Gasteiger partial charge in [0.25, 0.3) is 5.91 Å². The number of thiophene rings is 1. The fraction of sp³-hybridized carbons (Fsp3) is 0.400. The number of anilines is 2. The molecule has 0 saturated heterocycles. The molecule has 2 atom stereocenters. The van der Waals surface area contributed by atoms with E-state index in [1.54, 1.807) is 24.3 Å². The zero-order valence-corrected chi connectivity index (χ0v) is 17.8. The molecule has 2 heterocycles. The van der Waals surface area contributed by atoms with Crippen molar-refractivity contribution < 1.29 is 9.59 Å². The third kappa shape index (κ3) is 4.32. The molecule has 1 unspecified atom stereocenters. The molecule has 5 N–H and O–H groups in total. The molecule has 2 aromatic rings. The van der Waals surface area contributed by atoms with Gasteiger partial charge in [-0.1, -0.05) is 24.9 Å². The Morgan fingerprint density at radius 2 is 2.00 bits per heavy atom. The van der Waals surface area contributed by atoms with Crippen LogP contribution in [0.15, 0.2) is 24.3 Å². The van der Waals surface area contributed by atoms with Crippen molar-refractivity contribution >= 4 is 45.6 Å². The van der Waals surface area contributed by atoms with Gasteiger partial charge in [0.15, 0.2) is 0 Å². The quantitative estimate of drug-likeness (QED) is 0.553. The highest BCUT2D eigenvalue weighted by atomic mass is 35.5. The summed E-state index contributed by atoms with van der Waals surface area (Å²) in [6.07, 6.45) is 2.89. The van der Waals surface area contributed by atoms with E-state index in [1.807, 2.05) is 6.92 Å². The summed E-state index contributed by atoms with van der Waals surface area (Å²) < 4.78 is 0. The van der Waals surface area contributed by atoms with Gasteiger partial charge in [0.1, 0.15) is 5.00 Å². The Hall–Kier alpha value is -2.09. The monoisotopic (exact) mass is 420 g/mol. The van der Waals surface area contributed by atoms with Crippen LogP contribution in [0.1, 0.15) is 60.5 Å². The number of fused-ring (bicyclic) bond motifs is 1. The summed E-state index contributed by atoms with van der Waals surface area (Å²) in [5.41, 5.74) is 7.53. The van der Waals surface area contributed by atoms with Crippen LogP contribution in [-0.2, 0) is 6.42 Å². The maximum atomic E-state index is 12.4. The number of nitrogens with one attached hydrogen (secondary N) is 3. The molecule has 6 nitrogen and oxygen atoms in total. The Kier molecular flexibility index (Phi) is 5.98. The summed E-state index contributed by atoms with van der Waals surface area (Å²) in [4.78, 5) is 25.7. The summed E-state index contributed by atoms with van der Waals surface area (Å²) in [6.45, 7) is 6.38. The van der Waals surface area contributed by atoms with Crippen LogP contribution in [0.4, 0.5) is 15.5 Å². The Labute approximate surface area is 173 Å². The zero-order chi connectivity index (χ0) is 20.5. The number of nitrogens with two attached hydrogens (primary N) is 1. The highest BCUT2D eigenvalue weighted by Crippen LogP contribution is 2.43. The minimum Gasteiger partial charge on any atom is -0.365 e. The van der Waals surface area contributed by atoms with Gasteiger partial charge >= 0.3 is 6.03 Å². The number of halogens is 1. The number of rotatable bonds is 5. The molecule has 28 heavy (non-hydrogen) atoms. The lowest BCUT2D eigenvalue weighted by Crippen LogP contribution is -2.48. The average molecular weight is 421 g/mol. The molecule has 3 rings (SSSR count). The van der Waals surface area contributed by atoms with E-state index in [-0.39, 0.29) is 11.6 Å². The molecule has 1 aromatic heterocycles. The molecule has 3 amide bonds. The molecule has 1 aromatic carbocycles. The van der Waals surface area contributed by atoms with Crippen molar-refractivity contribution in [2.24, 2.45) is 5.73 Å². The van der Waals surface area contributed by atoms with Crippen LogP contribution in [0, 0.1) is 0 Å². The zero-order valence-electron chi connectivity index (χ0n) is 16.2. The van der Waals surface area contributed by atoms with Gasteiger partial charge in [-0.05, 0) is 50.1 Å². The predicted octanol–water partition coefficient (Wildman–Crippen LogP) is 4.91. The molecule has 0 aliphatic carbocycles. The lowest BCUT2D eigenvalue weighted by atomic mass is 9.83. The molecule has 0 saturated carbocycles. The number of hydrogen-bond donors (Lipinski definition) is 4. The van der Waals surface area contributed by atoms with Crippen molar-refractivity contribution in [1.82, 2.24) is 5.32 Å². The number of carbonyl (C=O) groups is 2. The summed E-state index contributed by atoms with van der Waals surface area (Å²) in [5, 5.41) is 10.2. The standard InChI is InChI=1S/C20H25ClN4O2S/c1-4-9-20(3)10-14-15(11(2)25-20)16(17(22)26)18(28-14)24-19(27)23-13-7-5-12(21)6-8-13/h5-8,11,25H,4,9-10H2,1-3H3,(H2,22,26)(H2,23,24,27)/t11?,20-/m0/s1. The lowest BCUT2D eigenvalue weighted by molar-refractivity contribution is 0.0999. The molecular weight excluding hydrogens is 396 g/mol. The van der Waals surface area contributed by atoms with E-state index < -0.39 is 11.9 Å². The van der Waals surface area contributed by atoms with Gasteiger partial charge in [-0.25, -0.2) is 4.79 Å². The number of carbonyl (C=O) groups excluding carboxylic acids is 2. The molecule has 1 aliphatic rings. The van der Waals surface area contributed by atoms with E-state index in [4.69, 9.17) is 17.3 Å². The first-order valence-electron chi connectivity index (χ1n) is 9.29. The van der Waals surface area contributed by atoms with Crippen LogP contribution in [0.3, 0.4) is 0 Å². The van der Waals surface area contributed by atoms with Crippen molar-refractivity contribution in [3.05, 3.63) is 45.3 Å². The minimum atomic E-state index is -0.535. The number of benzene rings is 1. The largest absolute Gasteiger partial charge is 0.365 e. The molecule has 0 spiro atoms. The van der Waals surface area contributed by atoms with E-state index in [0.717, 1.165) is 29.7 Å². The van der Waals surface area contributed by atoms with Gasteiger partial charge in [-0.15, -0.1) is 11.3 Å². The predicted molar refractivity (Wildman–Crippen MR) is 115 cm³/mol. The molecule has 0 bridgehead atoms. The summed E-state index contributed by atoms with van der Waals surface area (Å²) in [5.74, 6) is -0.535. The van der Waals surface area contributed by atoms with Crippen LogP contribution in [-0.4, -0.2) is 17.5 Å². The molecule has 8 heteroatoms. The molecule has 150 valence electrons. The maximum absolute atomic E-state index is 12.4. The van der Waals surface area contributed by atoms with E-state index in [9.17, 15) is 9.59 Å². The second kappa shape index (κ2) is 8.11. The van der Waals surface area contributed by atoms with Crippen LogP contribution in [0.2, 0.25) is 5.02 Å². The second-order valence-corrected chi connectivity index (χ2v) is 8.99. The van der Waals surface area contributed by atoms with Crippen molar-refractivity contribution in [3.63, 3.8) is 0 Å². The molecule has 1 aliphatic heterocycles. The number of hydrogen-bond acceptors (Lipinski definition) is 4. The van der Waals surface area contributed by atoms with Gasteiger partial charge < -0.3 is 16.4 Å². The first kappa shape index (κ1) is 20.6. The number of primary amides is 1. The molecule has 0 radical (unpaired) electrons. The highest BCUT2D eigenvalue weighted by molar-refractivity contribution is 7.17. The Balaban J connectivity index is 1.86. The Morgan fingerprint density at radius 3 is 2.61 bits per heavy atom. The van der Waals surface area contributed by atoms with Gasteiger partial charge in [-0.3, -0.25) is 10.1 Å². The van der Waals surface area contributed by atoms with E-state index in [1.165, 1.54) is 11.3 Å². The first-order chi connectivity index (χ1) is 13.2. The lowest BCUT2D eigenvalue weighted by Gasteiger charge is -2.39. The summed E-state index contributed by atoms with van der Waals surface area (Å²) in [6, 6.07) is 6.35. The number of urea groups is 1. The first-order valence-corrected chi connectivity index (χ1v) is 10.5. The van der Waals surface area contributed by atoms with Crippen LogP contribution >= 0.6 is 22.9 Å². The fourth-order valence-corrected chi connectivity index (χ4v) is 5.53. The smallest absolute Gasteiger partial charge is 0.324 e. The van der Waals surface area contributed by atoms with Crippen LogP contribution < -0.4 is 21.7 Å². The SMILES string of the molecule is CCC[C@@]1(C)Cc2sc(NC(=O)Nc3ccc(Cl)cc3)c(C(N)=O)c2C(C)N1. The highest BCUT2D eigenvalue weighted by Gasteiger charge is 2.37. The average Bonchev–Trinajstić information content (AvgIpc) is 2.94. The van der Waals surface area contributed by atoms with Crippen molar-refractivity contribution in [3.8, 4) is 0 Å². The van der Waals surface area contributed by atoms with E-state index >= 15 is 0 Å². The normalized spacial score (nSPS) is 21.1. The number of amides is 3. The summed E-state index contributed by atoms with van der Waals surface area (Å²) >= 11 is 7.30. The third-order valence-electron chi connectivity index (χ3n) is 4.95. The third-order valence-corrected chi connectivity index (χ3v) is 6.32. The Bertz CT molecular complexity index is 896. The van der Waals surface area contributed by atoms with Crippen molar-refractivity contribution in [2.45, 2.75) is 51.6 Å². The second-order valence-electron chi connectivity index (χ2n) is 7.45. The maximum Gasteiger partial charge on any atom is 0.324 e. The fourth-order valence-electron chi connectivity index (χ4n) is 3.92. The molecule has 0 fully saturated rings.